The minimum absolute atomic E-state index is 0.179. The molecule has 1 N–H and O–H groups in total. The standard InChI is InChI=1S/C14H5Cl5F3NO2/c15-9-8(10(16)12(18)13(19)11(9)17)5-1-4(14(20,21)22)3-23-6(5)2-7(24)25/h1,3H,2H2,(H,24,25). The van der Waals surface area contributed by atoms with E-state index in [1.165, 1.54) is 0 Å². The molecule has 0 unspecified atom stereocenters. The molecule has 0 saturated heterocycles. The molecule has 0 bridgehead atoms. The van der Waals surface area contributed by atoms with Crippen LogP contribution in [0.25, 0.3) is 11.1 Å². The quantitative estimate of drug-likeness (QED) is 0.418. The van der Waals surface area contributed by atoms with Crippen molar-refractivity contribution in [3.05, 3.63) is 48.6 Å². The van der Waals surface area contributed by atoms with E-state index in [1.807, 2.05) is 0 Å². The van der Waals surface area contributed by atoms with E-state index in [9.17, 15) is 18.0 Å². The molecular weight excluding hydrogens is 448 g/mol. The molecule has 0 spiro atoms. The number of carbonyl (C=O) groups is 1. The average molecular weight is 453 g/mol. The lowest BCUT2D eigenvalue weighted by molar-refractivity contribution is -0.137. The number of hydrogen-bond donors (Lipinski definition) is 1. The maximum atomic E-state index is 13.0. The summed E-state index contributed by atoms with van der Waals surface area (Å²) in [7, 11) is 0. The van der Waals surface area contributed by atoms with Crippen LogP contribution in [0.3, 0.4) is 0 Å². The van der Waals surface area contributed by atoms with Gasteiger partial charge in [-0.3, -0.25) is 9.78 Å². The molecular formula is C14H5Cl5F3NO2. The highest BCUT2D eigenvalue weighted by atomic mass is 35.5. The molecule has 2 aromatic rings. The largest absolute Gasteiger partial charge is 0.481 e. The molecule has 3 nitrogen and oxygen atoms in total. The second-order valence-corrected chi connectivity index (χ2v) is 6.62. The Kier molecular flexibility index (Phi) is 6.01. The van der Waals surface area contributed by atoms with Gasteiger partial charge in [0.2, 0.25) is 0 Å². The Bertz CT molecular complexity index is 842. The van der Waals surface area contributed by atoms with Crippen LogP contribution in [0.1, 0.15) is 11.3 Å². The Morgan fingerprint density at radius 1 is 1.00 bits per heavy atom. The van der Waals surface area contributed by atoms with Crippen molar-refractivity contribution in [2.75, 3.05) is 0 Å². The Morgan fingerprint density at radius 3 is 1.92 bits per heavy atom. The summed E-state index contributed by atoms with van der Waals surface area (Å²) in [6, 6.07) is 0.679. The first-order valence-electron chi connectivity index (χ1n) is 6.24. The number of hydrogen-bond acceptors (Lipinski definition) is 2. The van der Waals surface area contributed by atoms with Gasteiger partial charge in [-0.25, -0.2) is 0 Å². The molecule has 0 atom stereocenters. The first-order chi connectivity index (χ1) is 11.4. The number of carboxylic acids is 1. The van der Waals surface area contributed by atoms with Gasteiger partial charge in [-0.05, 0) is 6.07 Å². The minimum Gasteiger partial charge on any atom is -0.481 e. The molecule has 134 valence electrons. The van der Waals surface area contributed by atoms with E-state index in [0.717, 1.165) is 0 Å². The zero-order valence-electron chi connectivity index (χ0n) is 11.7. The number of alkyl halides is 3. The molecule has 0 fully saturated rings. The lowest BCUT2D eigenvalue weighted by atomic mass is 10.00. The number of halogens is 8. The van der Waals surface area contributed by atoms with Crippen LogP contribution in [0.5, 0.6) is 0 Å². The van der Waals surface area contributed by atoms with Gasteiger partial charge in [0, 0.05) is 17.3 Å². The van der Waals surface area contributed by atoms with Crippen LogP contribution in [0.15, 0.2) is 12.3 Å². The maximum absolute atomic E-state index is 13.0. The predicted molar refractivity (Wildman–Crippen MR) is 91.1 cm³/mol. The molecule has 11 heteroatoms. The third-order valence-electron chi connectivity index (χ3n) is 3.10. The predicted octanol–water partition coefficient (Wildman–Crippen LogP) is 6.66. The van der Waals surface area contributed by atoms with Crippen molar-refractivity contribution in [3.8, 4) is 11.1 Å². The van der Waals surface area contributed by atoms with E-state index in [4.69, 9.17) is 63.1 Å². The van der Waals surface area contributed by atoms with E-state index < -0.39 is 24.1 Å². The molecule has 0 radical (unpaired) electrons. The third kappa shape index (κ3) is 4.09. The second-order valence-electron chi connectivity index (χ2n) is 4.73. The Hall–Kier alpha value is -0.920. The Morgan fingerprint density at radius 2 is 1.48 bits per heavy atom. The van der Waals surface area contributed by atoms with E-state index in [0.29, 0.717) is 12.3 Å². The van der Waals surface area contributed by atoms with Gasteiger partial charge in [0.1, 0.15) is 0 Å². The fourth-order valence-electron chi connectivity index (χ4n) is 1.99. The molecule has 0 saturated carbocycles. The van der Waals surface area contributed by atoms with Crippen molar-refractivity contribution < 1.29 is 23.1 Å². The van der Waals surface area contributed by atoms with Crippen LogP contribution < -0.4 is 0 Å². The van der Waals surface area contributed by atoms with Gasteiger partial charge in [-0.15, -0.1) is 0 Å². The summed E-state index contributed by atoms with van der Waals surface area (Å²) < 4.78 is 39.0. The number of rotatable bonds is 3. The van der Waals surface area contributed by atoms with E-state index in [2.05, 4.69) is 4.98 Å². The van der Waals surface area contributed by atoms with Crippen molar-refractivity contribution in [1.82, 2.24) is 4.98 Å². The van der Waals surface area contributed by atoms with Gasteiger partial charge >= 0.3 is 12.1 Å². The first kappa shape index (κ1) is 20.4. The van der Waals surface area contributed by atoms with Crippen molar-refractivity contribution in [3.63, 3.8) is 0 Å². The zero-order valence-corrected chi connectivity index (χ0v) is 15.5. The number of benzene rings is 1. The second kappa shape index (κ2) is 7.37. The summed E-state index contributed by atoms with van der Waals surface area (Å²) in [5.74, 6) is -1.31. The van der Waals surface area contributed by atoms with E-state index in [1.54, 1.807) is 0 Å². The summed E-state index contributed by atoms with van der Waals surface area (Å²) in [4.78, 5) is 14.6. The van der Waals surface area contributed by atoms with E-state index >= 15 is 0 Å². The molecule has 0 amide bonds. The van der Waals surface area contributed by atoms with Crippen molar-refractivity contribution >= 4 is 64.0 Å². The van der Waals surface area contributed by atoms with Gasteiger partial charge in [0.25, 0.3) is 0 Å². The number of pyridine rings is 1. The van der Waals surface area contributed by atoms with E-state index in [-0.39, 0.29) is 41.9 Å². The molecule has 25 heavy (non-hydrogen) atoms. The SMILES string of the molecule is O=C(O)Cc1ncc(C(F)(F)F)cc1-c1c(Cl)c(Cl)c(Cl)c(Cl)c1Cl. The van der Waals surface area contributed by atoms with Gasteiger partial charge in [0.05, 0.1) is 42.8 Å². The van der Waals surface area contributed by atoms with Crippen LogP contribution in [-0.2, 0) is 17.4 Å². The highest BCUT2D eigenvalue weighted by Crippen LogP contribution is 2.49. The number of carboxylic acid groups (broad SMARTS) is 1. The summed E-state index contributed by atoms with van der Waals surface area (Å²) in [6.07, 6.45) is -4.87. The van der Waals surface area contributed by atoms with Gasteiger partial charge < -0.3 is 5.11 Å². The highest BCUT2D eigenvalue weighted by molar-refractivity contribution is 6.56. The normalized spacial score (nSPS) is 11.7. The van der Waals surface area contributed by atoms with Gasteiger partial charge in [-0.2, -0.15) is 13.2 Å². The monoisotopic (exact) mass is 451 g/mol. The number of aromatic nitrogens is 1. The number of nitrogens with zero attached hydrogens (tertiary/aromatic N) is 1. The maximum Gasteiger partial charge on any atom is 0.417 e. The molecule has 1 heterocycles. The smallest absolute Gasteiger partial charge is 0.417 e. The lowest BCUT2D eigenvalue weighted by Crippen LogP contribution is -2.10. The van der Waals surface area contributed by atoms with Crippen LogP contribution in [0.4, 0.5) is 13.2 Å². The fourth-order valence-corrected chi connectivity index (χ4v) is 3.33. The molecule has 1 aromatic heterocycles. The first-order valence-corrected chi connectivity index (χ1v) is 8.13. The molecule has 0 aliphatic heterocycles. The Labute approximate surface area is 164 Å². The third-order valence-corrected chi connectivity index (χ3v) is 5.37. The highest BCUT2D eigenvalue weighted by Gasteiger charge is 2.33. The van der Waals surface area contributed by atoms with Crippen LogP contribution in [-0.4, -0.2) is 16.1 Å². The summed E-state index contributed by atoms with van der Waals surface area (Å²) >= 11 is 29.9. The van der Waals surface area contributed by atoms with Crippen molar-refractivity contribution in [2.24, 2.45) is 0 Å². The van der Waals surface area contributed by atoms with Crippen LogP contribution in [0.2, 0.25) is 25.1 Å². The van der Waals surface area contributed by atoms with Crippen LogP contribution in [0, 0.1) is 0 Å². The summed E-state index contributed by atoms with van der Waals surface area (Å²) in [6.45, 7) is 0. The molecule has 0 aliphatic rings. The summed E-state index contributed by atoms with van der Waals surface area (Å²) in [5, 5.41) is 7.78. The summed E-state index contributed by atoms with van der Waals surface area (Å²) in [5.41, 5.74) is -1.75. The number of aliphatic carboxylic acids is 1. The minimum atomic E-state index is -4.72. The molecule has 2 rings (SSSR count). The van der Waals surface area contributed by atoms with Crippen molar-refractivity contribution in [1.29, 1.82) is 0 Å². The zero-order chi connectivity index (χ0) is 19.1. The molecule has 0 aliphatic carbocycles. The average Bonchev–Trinajstić information content (AvgIpc) is 2.51. The van der Waals surface area contributed by atoms with Crippen LogP contribution >= 0.6 is 58.0 Å². The fraction of sp³-hybridized carbons (Fsp3) is 0.143. The molecule has 1 aromatic carbocycles. The Balaban J connectivity index is 2.87. The van der Waals surface area contributed by atoms with Crippen molar-refractivity contribution in [2.45, 2.75) is 12.6 Å². The van der Waals surface area contributed by atoms with Gasteiger partial charge in [-0.1, -0.05) is 58.0 Å². The van der Waals surface area contributed by atoms with Gasteiger partial charge in [0.15, 0.2) is 0 Å². The lowest BCUT2D eigenvalue weighted by Gasteiger charge is -2.16. The topological polar surface area (TPSA) is 50.2 Å².